The Hall–Kier alpha value is -0.900. The van der Waals surface area contributed by atoms with Gasteiger partial charge in [-0.25, -0.2) is 0 Å². The zero-order valence-electron chi connectivity index (χ0n) is 14.3. The summed E-state index contributed by atoms with van der Waals surface area (Å²) >= 11 is 1.81. The lowest BCUT2D eigenvalue weighted by atomic mass is 10.2. The van der Waals surface area contributed by atoms with Crippen molar-refractivity contribution in [1.82, 2.24) is 0 Å². The van der Waals surface area contributed by atoms with Crippen LogP contribution in [0.25, 0.3) is 0 Å². The van der Waals surface area contributed by atoms with Crippen LogP contribution < -0.4 is 0 Å². The Balaban J connectivity index is 0. The third-order valence-corrected chi connectivity index (χ3v) is 3.93. The van der Waals surface area contributed by atoms with Gasteiger partial charge in [0.25, 0.3) is 0 Å². The zero-order valence-corrected chi connectivity index (χ0v) is 15.1. The predicted molar refractivity (Wildman–Crippen MR) is 93.7 cm³/mol. The number of ether oxygens (including phenoxy) is 1. The SMILES string of the molecule is CC.CC/C=C\C(SCCCCCCC(=O)O)=C(/C)OC. The van der Waals surface area contributed by atoms with Crippen molar-refractivity contribution in [3.05, 3.63) is 22.8 Å². The van der Waals surface area contributed by atoms with E-state index in [0.29, 0.717) is 6.42 Å². The van der Waals surface area contributed by atoms with E-state index in [-0.39, 0.29) is 0 Å². The van der Waals surface area contributed by atoms with Crippen molar-refractivity contribution < 1.29 is 14.6 Å². The minimum Gasteiger partial charge on any atom is -0.500 e. The van der Waals surface area contributed by atoms with Gasteiger partial charge in [0.1, 0.15) is 5.76 Å². The van der Waals surface area contributed by atoms with Crippen LogP contribution in [0.2, 0.25) is 0 Å². The molecule has 0 amide bonds. The number of aliphatic carboxylic acids is 1. The number of thioether (sulfide) groups is 1. The minimum atomic E-state index is -0.694. The summed E-state index contributed by atoms with van der Waals surface area (Å²) in [4.78, 5) is 11.5. The molecule has 0 aliphatic carbocycles. The third kappa shape index (κ3) is 15.3. The molecule has 124 valence electrons. The maximum absolute atomic E-state index is 10.4. The van der Waals surface area contributed by atoms with Crippen LogP contribution in [0.15, 0.2) is 22.8 Å². The molecule has 0 bridgehead atoms. The Labute approximate surface area is 134 Å². The van der Waals surface area contributed by atoms with Crippen molar-refractivity contribution in [3.63, 3.8) is 0 Å². The smallest absolute Gasteiger partial charge is 0.303 e. The molecule has 3 nitrogen and oxygen atoms in total. The Morgan fingerprint density at radius 2 is 1.81 bits per heavy atom. The molecular formula is C17H32O3S. The average molecular weight is 317 g/mol. The van der Waals surface area contributed by atoms with E-state index in [0.717, 1.165) is 43.6 Å². The van der Waals surface area contributed by atoms with Crippen molar-refractivity contribution in [2.45, 2.75) is 66.2 Å². The first-order valence-corrected chi connectivity index (χ1v) is 8.86. The van der Waals surface area contributed by atoms with Gasteiger partial charge in [0, 0.05) is 11.3 Å². The second-order valence-corrected chi connectivity index (χ2v) is 5.48. The highest BCUT2D eigenvalue weighted by molar-refractivity contribution is 8.03. The van der Waals surface area contributed by atoms with E-state index in [2.05, 4.69) is 19.1 Å². The summed E-state index contributed by atoms with van der Waals surface area (Å²) in [6.45, 7) is 8.10. The van der Waals surface area contributed by atoms with E-state index in [9.17, 15) is 4.79 Å². The quantitative estimate of drug-likeness (QED) is 0.305. The molecule has 0 saturated carbocycles. The molecule has 0 aliphatic rings. The topological polar surface area (TPSA) is 46.5 Å². The van der Waals surface area contributed by atoms with Gasteiger partial charge >= 0.3 is 5.97 Å². The fourth-order valence-corrected chi connectivity index (χ4v) is 2.55. The summed E-state index contributed by atoms with van der Waals surface area (Å²) in [6.07, 6.45) is 9.57. The van der Waals surface area contributed by atoms with Crippen molar-refractivity contribution in [2.75, 3.05) is 12.9 Å². The number of rotatable bonds is 11. The van der Waals surface area contributed by atoms with Crippen LogP contribution in [0.1, 0.15) is 66.2 Å². The summed E-state index contributed by atoms with van der Waals surface area (Å²) in [5.41, 5.74) is 0. The summed E-state index contributed by atoms with van der Waals surface area (Å²) in [5.74, 6) is 1.32. The number of hydrogen-bond donors (Lipinski definition) is 1. The molecule has 4 heteroatoms. The Bertz CT molecular complexity index is 309. The number of carbonyl (C=O) groups is 1. The largest absolute Gasteiger partial charge is 0.500 e. The van der Waals surface area contributed by atoms with Crippen LogP contribution in [0.5, 0.6) is 0 Å². The first-order valence-electron chi connectivity index (χ1n) is 7.87. The second kappa shape index (κ2) is 17.2. The van der Waals surface area contributed by atoms with E-state index in [1.807, 2.05) is 32.5 Å². The van der Waals surface area contributed by atoms with Gasteiger partial charge < -0.3 is 9.84 Å². The average Bonchev–Trinajstić information content (AvgIpc) is 2.50. The molecular weight excluding hydrogens is 284 g/mol. The van der Waals surface area contributed by atoms with Gasteiger partial charge in [-0.2, -0.15) is 0 Å². The van der Waals surface area contributed by atoms with Gasteiger partial charge in [0.2, 0.25) is 0 Å². The van der Waals surface area contributed by atoms with E-state index < -0.39 is 5.97 Å². The summed E-state index contributed by atoms with van der Waals surface area (Å²) < 4.78 is 5.27. The van der Waals surface area contributed by atoms with Crippen LogP contribution in [-0.4, -0.2) is 23.9 Å². The monoisotopic (exact) mass is 316 g/mol. The zero-order chi connectivity index (χ0) is 16.5. The van der Waals surface area contributed by atoms with Crippen molar-refractivity contribution >= 4 is 17.7 Å². The molecule has 0 fully saturated rings. The number of allylic oxidation sites excluding steroid dienone is 3. The highest BCUT2D eigenvalue weighted by Gasteiger charge is 2.01. The lowest BCUT2D eigenvalue weighted by Gasteiger charge is -2.07. The molecule has 0 atom stereocenters. The lowest BCUT2D eigenvalue weighted by molar-refractivity contribution is -0.137. The molecule has 0 aromatic rings. The molecule has 0 aliphatic heterocycles. The molecule has 21 heavy (non-hydrogen) atoms. The van der Waals surface area contributed by atoms with Crippen molar-refractivity contribution in [2.24, 2.45) is 0 Å². The normalized spacial score (nSPS) is 11.7. The highest BCUT2D eigenvalue weighted by atomic mass is 32.2. The van der Waals surface area contributed by atoms with Gasteiger partial charge in [-0.3, -0.25) is 4.79 Å². The summed E-state index contributed by atoms with van der Waals surface area (Å²) in [7, 11) is 1.70. The van der Waals surface area contributed by atoms with Crippen LogP contribution in [0.3, 0.4) is 0 Å². The molecule has 0 saturated heterocycles. The number of methoxy groups -OCH3 is 1. The molecule has 0 spiro atoms. The van der Waals surface area contributed by atoms with Gasteiger partial charge in [0.15, 0.2) is 0 Å². The minimum absolute atomic E-state index is 0.292. The second-order valence-electron chi connectivity index (χ2n) is 4.34. The first-order chi connectivity index (χ1) is 10.1. The van der Waals surface area contributed by atoms with Crippen LogP contribution in [0.4, 0.5) is 0 Å². The standard InChI is InChI=1S/C15H26O3S.C2H6/c1-4-5-10-14(13(2)18-3)19-12-9-7-6-8-11-15(16)17;1-2/h5,10H,4,6-9,11-12H2,1-3H3,(H,16,17);1-2H3/b10-5-,14-13-;. The number of hydrogen-bond acceptors (Lipinski definition) is 3. The Morgan fingerprint density at radius 1 is 1.19 bits per heavy atom. The highest BCUT2D eigenvalue weighted by Crippen LogP contribution is 2.23. The lowest BCUT2D eigenvalue weighted by Crippen LogP contribution is -1.93. The van der Waals surface area contributed by atoms with Gasteiger partial charge in [-0.05, 0) is 38.0 Å². The van der Waals surface area contributed by atoms with Crippen LogP contribution in [0, 0.1) is 0 Å². The fraction of sp³-hybridized carbons (Fsp3) is 0.706. The molecule has 0 unspecified atom stereocenters. The number of carboxylic acid groups (broad SMARTS) is 1. The predicted octanol–water partition coefficient (Wildman–Crippen LogP) is 5.63. The Kier molecular flexibility index (Phi) is 18.3. The fourth-order valence-electron chi connectivity index (χ4n) is 1.51. The number of carboxylic acids is 1. The maximum atomic E-state index is 10.4. The summed E-state index contributed by atoms with van der Waals surface area (Å²) in [6, 6.07) is 0. The van der Waals surface area contributed by atoms with E-state index in [4.69, 9.17) is 9.84 Å². The van der Waals surface area contributed by atoms with Crippen LogP contribution in [-0.2, 0) is 9.53 Å². The van der Waals surface area contributed by atoms with Gasteiger partial charge in [-0.15, -0.1) is 11.8 Å². The molecule has 1 N–H and O–H groups in total. The van der Waals surface area contributed by atoms with Gasteiger partial charge in [0.05, 0.1) is 7.11 Å². The number of unbranched alkanes of at least 4 members (excludes halogenated alkanes) is 3. The molecule has 0 heterocycles. The maximum Gasteiger partial charge on any atom is 0.303 e. The molecule has 0 aromatic carbocycles. The summed E-state index contributed by atoms with van der Waals surface area (Å²) in [5, 5.41) is 8.53. The van der Waals surface area contributed by atoms with Crippen molar-refractivity contribution in [3.8, 4) is 0 Å². The molecule has 0 rings (SSSR count). The van der Waals surface area contributed by atoms with Crippen LogP contribution >= 0.6 is 11.8 Å². The van der Waals surface area contributed by atoms with E-state index in [1.165, 1.54) is 4.91 Å². The molecule has 0 aromatic heterocycles. The first kappa shape index (κ1) is 22.4. The Morgan fingerprint density at radius 3 is 2.33 bits per heavy atom. The van der Waals surface area contributed by atoms with Crippen molar-refractivity contribution in [1.29, 1.82) is 0 Å². The van der Waals surface area contributed by atoms with Gasteiger partial charge in [-0.1, -0.05) is 39.7 Å². The van der Waals surface area contributed by atoms with E-state index in [1.54, 1.807) is 7.11 Å². The molecule has 0 radical (unpaired) electrons. The van der Waals surface area contributed by atoms with E-state index >= 15 is 0 Å². The third-order valence-electron chi connectivity index (χ3n) is 2.70.